The molecule has 0 aliphatic heterocycles. The van der Waals surface area contributed by atoms with Gasteiger partial charge in [0.05, 0.1) is 13.2 Å². The molecule has 1 rings (SSSR count). The van der Waals surface area contributed by atoms with Gasteiger partial charge >= 0.3 is 0 Å². The fraction of sp³-hybridized carbons (Fsp3) is 0.462. The van der Waals surface area contributed by atoms with Crippen LogP contribution in [0.4, 0.5) is 0 Å². The first-order chi connectivity index (χ1) is 8.17. The molecule has 1 aromatic rings. The van der Waals surface area contributed by atoms with Crippen molar-refractivity contribution in [3.63, 3.8) is 0 Å². The molecule has 0 bridgehead atoms. The molecule has 0 heterocycles. The zero-order chi connectivity index (χ0) is 12.7. The molecule has 1 amide bonds. The van der Waals surface area contributed by atoms with Crippen molar-refractivity contribution in [2.24, 2.45) is 5.73 Å². The van der Waals surface area contributed by atoms with Crippen molar-refractivity contribution in [1.82, 2.24) is 5.32 Å². The van der Waals surface area contributed by atoms with Crippen LogP contribution in [-0.4, -0.2) is 19.6 Å². The summed E-state index contributed by atoms with van der Waals surface area (Å²) in [6.45, 7) is 2.51. The third-order valence-corrected chi connectivity index (χ3v) is 2.60. The van der Waals surface area contributed by atoms with Gasteiger partial charge in [0.15, 0.2) is 0 Å². The molecular formula is C13H20N2O2. The smallest absolute Gasteiger partial charge is 0.220 e. The van der Waals surface area contributed by atoms with E-state index < -0.39 is 0 Å². The number of benzene rings is 1. The first-order valence-corrected chi connectivity index (χ1v) is 5.80. The number of methoxy groups -OCH3 is 1. The van der Waals surface area contributed by atoms with E-state index in [0.717, 1.165) is 17.7 Å². The number of amides is 1. The Morgan fingerprint density at radius 2 is 2.06 bits per heavy atom. The summed E-state index contributed by atoms with van der Waals surface area (Å²) < 4.78 is 5.08. The maximum absolute atomic E-state index is 11.5. The summed E-state index contributed by atoms with van der Waals surface area (Å²) in [5.41, 5.74) is 6.42. The van der Waals surface area contributed by atoms with Gasteiger partial charge < -0.3 is 15.8 Å². The number of hydrogen-bond acceptors (Lipinski definition) is 3. The van der Waals surface area contributed by atoms with Gasteiger partial charge in [0.1, 0.15) is 5.75 Å². The predicted molar refractivity (Wildman–Crippen MR) is 67.8 cm³/mol. The molecule has 4 heteroatoms. The van der Waals surface area contributed by atoms with Crippen LogP contribution in [0.25, 0.3) is 0 Å². The van der Waals surface area contributed by atoms with E-state index in [9.17, 15) is 4.79 Å². The second-order valence-electron chi connectivity index (χ2n) is 3.95. The minimum Gasteiger partial charge on any atom is -0.497 e. The third kappa shape index (κ3) is 4.44. The van der Waals surface area contributed by atoms with Crippen LogP contribution in [0.3, 0.4) is 0 Å². The lowest BCUT2D eigenvalue weighted by molar-refractivity contribution is -0.121. The molecule has 0 radical (unpaired) electrons. The molecule has 3 N–H and O–H groups in total. The highest BCUT2D eigenvalue weighted by Gasteiger charge is 2.08. The summed E-state index contributed by atoms with van der Waals surface area (Å²) in [6, 6.07) is 7.68. The largest absolute Gasteiger partial charge is 0.497 e. The number of nitrogens with one attached hydrogen (secondary N) is 1. The van der Waals surface area contributed by atoms with Crippen LogP contribution < -0.4 is 15.8 Å². The Balaban J connectivity index is 2.51. The average molecular weight is 236 g/mol. The minimum absolute atomic E-state index is 0.00572. The zero-order valence-electron chi connectivity index (χ0n) is 10.4. The molecule has 1 atom stereocenters. The van der Waals surface area contributed by atoms with Crippen LogP contribution in [0.5, 0.6) is 5.75 Å². The summed E-state index contributed by atoms with van der Waals surface area (Å²) >= 11 is 0. The molecule has 17 heavy (non-hydrogen) atoms. The number of nitrogens with two attached hydrogens (primary N) is 1. The van der Waals surface area contributed by atoms with Gasteiger partial charge in [0.25, 0.3) is 0 Å². The average Bonchev–Trinajstić information content (AvgIpc) is 2.36. The number of rotatable bonds is 6. The summed E-state index contributed by atoms with van der Waals surface area (Å²) in [6.07, 6.45) is 1.21. The SMILES string of the molecule is COc1ccc([C@@H](C)NC(=O)CCCN)cc1. The lowest BCUT2D eigenvalue weighted by atomic mass is 10.1. The van der Waals surface area contributed by atoms with Crippen LogP contribution in [0.1, 0.15) is 31.4 Å². The van der Waals surface area contributed by atoms with Gasteiger partial charge in [0.2, 0.25) is 5.91 Å². The van der Waals surface area contributed by atoms with Gasteiger partial charge in [0, 0.05) is 6.42 Å². The quantitative estimate of drug-likeness (QED) is 0.788. The van der Waals surface area contributed by atoms with Gasteiger partial charge in [-0.1, -0.05) is 12.1 Å². The summed E-state index contributed by atoms with van der Waals surface area (Å²) in [7, 11) is 1.63. The van der Waals surface area contributed by atoms with E-state index in [1.807, 2.05) is 31.2 Å². The number of carbonyl (C=O) groups excluding carboxylic acids is 1. The lowest BCUT2D eigenvalue weighted by Crippen LogP contribution is -2.26. The van der Waals surface area contributed by atoms with E-state index in [2.05, 4.69) is 5.32 Å². The Kier molecular flexibility index (Phi) is 5.49. The third-order valence-electron chi connectivity index (χ3n) is 2.60. The van der Waals surface area contributed by atoms with Crippen molar-refractivity contribution < 1.29 is 9.53 Å². The zero-order valence-corrected chi connectivity index (χ0v) is 10.4. The molecule has 0 aromatic heterocycles. The Labute approximate surface area is 102 Å². The highest BCUT2D eigenvalue weighted by atomic mass is 16.5. The molecule has 0 unspecified atom stereocenters. The van der Waals surface area contributed by atoms with Gasteiger partial charge in [-0.2, -0.15) is 0 Å². The monoisotopic (exact) mass is 236 g/mol. The number of carbonyl (C=O) groups is 1. The van der Waals surface area contributed by atoms with Crippen LogP contribution in [-0.2, 0) is 4.79 Å². The van der Waals surface area contributed by atoms with Crippen molar-refractivity contribution in [3.05, 3.63) is 29.8 Å². The highest BCUT2D eigenvalue weighted by molar-refractivity contribution is 5.76. The van der Waals surface area contributed by atoms with Gasteiger partial charge in [-0.05, 0) is 37.6 Å². The molecule has 0 saturated heterocycles. The fourth-order valence-corrected chi connectivity index (χ4v) is 1.55. The van der Waals surface area contributed by atoms with E-state index in [4.69, 9.17) is 10.5 Å². The first kappa shape index (κ1) is 13.5. The Bertz CT molecular complexity index is 349. The molecule has 0 spiro atoms. The molecule has 0 aliphatic rings. The second kappa shape index (κ2) is 6.91. The van der Waals surface area contributed by atoms with Crippen molar-refractivity contribution in [2.45, 2.75) is 25.8 Å². The molecule has 0 fully saturated rings. The molecule has 4 nitrogen and oxygen atoms in total. The normalized spacial score (nSPS) is 11.9. The van der Waals surface area contributed by atoms with E-state index in [-0.39, 0.29) is 11.9 Å². The van der Waals surface area contributed by atoms with Crippen molar-refractivity contribution >= 4 is 5.91 Å². The fourth-order valence-electron chi connectivity index (χ4n) is 1.55. The topological polar surface area (TPSA) is 64.3 Å². The molecule has 94 valence electrons. The van der Waals surface area contributed by atoms with E-state index >= 15 is 0 Å². The molecule has 0 saturated carbocycles. The Hall–Kier alpha value is -1.55. The second-order valence-corrected chi connectivity index (χ2v) is 3.95. The maximum atomic E-state index is 11.5. The lowest BCUT2D eigenvalue weighted by Gasteiger charge is -2.14. The predicted octanol–water partition coefficient (Wildman–Crippen LogP) is 1.61. The minimum atomic E-state index is 0.00572. The van der Waals surface area contributed by atoms with Crippen molar-refractivity contribution in [1.29, 1.82) is 0 Å². The summed E-state index contributed by atoms with van der Waals surface area (Å²) in [4.78, 5) is 11.5. The summed E-state index contributed by atoms with van der Waals surface area (Å²) in [5, 5.41) is 2.93. The number of hydrogen-bond donors (Lipinski definition) is 2. The Morgan fingerprint density at radius 1 is 1.41 bits per heavy atom. The van der Waals surface area contributed by atoms with Gasteiger partial charge in [-0.25, -0.2) is 0 Å². The molecule has 1 aromatic carbocycles. The molecule has 0 aliphatic carbocycles. The maximum Gasteiger partial charge on any atom is 0.220 e. The number of ether oxygens (including phenoxy) is 1. The van der Waals surface area contributed by atoms with Crippen LogP contribution in [0, 0.1) is 0 Å². The van der Waals surface area contributed by atoms with E-state index in [1.165, 1.54) is 0 Å². The van der Waals surface area contributed by atoms with E-state index in [1.54, 1.807) is 7.11 Å². The van der Waals surface area contributed by atoms with Crippen LogP contribution in [0.2, 0.25) is 0 Å². The summed E-state index contributed by atoms with van der Waals surface area (Å²) in [5.74, 6) is 0.856. The van der Waals surface area contributed by atoms with Crippen LogP contribution in [0.15, 0.2) is 24.3 Å². The van der Waals surface area contributed by atoms with Gasteiger partial charge in [-0.15, -0.1) is 0 Å². The van der Waals surface area contributed by atoms with Crippen molar-refractivity contribution in [2.75, 3.05) is 13.7 Å². The Morgan fingerprint density at radius 3 is 2.59 bits per heavy atom. The first-order valence-electron chi connectivity index (χ1n) is 5.80. The van der Waals surface area contributed by atoms with E-state index in [0.29, 0.717) is 13.0 Å². The standard InChI is InChI=1S/C13H20N2O2/c1-10(15-13(16)4-3-9-14)11-5-7-12(17-2)8-6-11/h5-8,10H,3-4,9,14H2,1-2H3,(H,15,16)/t10-/m1/s1. The highest BCUT2D eigenvalue weighted by Crippen LogP contribution is 2.17. The van der Waals surface area contributed by atoms with Crippen LogP contribution >= 0.6 is 0 Å². The van der Waals surface area contributed by atoms with Crippen molar-refractivity contribution in [3.8, 4) is 5.75 Å². The van der Waals surface area contributed by atoms with Gasteiger partial charge in [-0.3, -0.25) is 4.79 Å². The molecular weight excluding hydrogens is 216 g/mol.